The molecule has 4 nitrogen and oxygen atoms in total. The van der Waals surface area contributed by atoms with Crippen molar-refractivity contribution >= 4 is 15.9 Å². The van der Waals surface area contributed by atoms with Crippen LogP contribution in [0.5, 0.6) is 5.75 Å². The second kappa shape index (κ2) is 5.58. The van der Waals surface area contributed by atoms with Crippen molar-refractivity contribution in [1.82, 2.24) is 15.1 Å². The largest absolute Gasteiger partial charge is 0.496 e. The second-order valence-corrected chi connectivity index (χ2v) is 6.01. The van der Waals surface area contributed by atoms with Crippen molar-refractivity contribution in [2.45, 2.75) is 18.9 Å². The normalized spacial score (nSPS) is 18.4. The maximum atomic E-state index is 5.50. The highest BCUT2D eigenvalue weighted by atomic mass is 79.9. The number of nitrogens with zero attached hydrogens (tertiary/aromatic N) is 2. The van der Waals surface area contributed by atoms with Gasteiger partial charge in [-0.15, -0.1) is 0 Å². The summed E-state index contributed by atoms with van der Waals surface area (Å²) in [5, 5.41) is 8.18. The Morgan fingerprint density at radius 1 is 1.40 bits per heavy atom. The molecule has 2 aromatic rings. The summed E-state index contributed by atoms with van der Waals surface area (Å²) in [5.74, 6) is 0.875. The van der Waals surface area contributed by atoms with E-state index in [1.165, 1.54) is 6.42 Å². The van der Waals surface area contributed by atoms with Crippen molar-refractivity contribution in [2.75, 3.05) is 13.7 Å². The molecular weight excluding hydrogens is 318 g/mol. The van der Waals surface area contributed by atoms with Crippen LogP contribution in [0.3, 0.4) is 0 Å². The molecule has 1 aliphatic rings. The molecule has 0 amide bonds. The van der Waals surface area contributed by atoms with Crippen LogP contribution in [-0.4, -0.2) is 23.4 Å². The quantitative estimate of drug-likeness (QED) is 0.935. The Kier molecular flexibility index (Phi) is 3.81. The van der Waals surface area contributed by atoms with Crippen LogP contribution in [0.4, 0.5) is 0 Å². The topological polar surface area (TPSA) is 39.1 Å². The van der Waals surface area contributed by atoms with Gasteiger partial charge >= 0.3 is 0 Å². The minimum Gasteiger partial charge on any atom is -0.496 e. The first-order chi connectivity index (χ1) is 9.69. The van der Waals surface area contributed by atoms with E-state index < -0.39 is 0 Å². The molecule has 1 aromatic carbocycles. The zero-order valence-electron chi connectivity index (χ0n) is 11.7. The highest BCUT2D eigenvalue weighted by Gasteiger charge is 2.24. The Bertz CT molecular complexity index is 618. The van der Waals surface area contributed by atoms with Crippen LogP contribution < -0.4 is 10.1 Å². The van der Waals surface area contributed by atoms with Crippen molar-refractivity contribution in [2.24, 2.45) is 7.05 Å². The van der Waals surface area contributed by atoms with Crippen molar-refractivity contribution in [1.29, 1.82) is 0 Å². The summed E-state index contributed by atoms with van der Waals surface area (Å²) in [4.78, 5) is 0. The minimum atomic E-state index is 0.342. The van der Waals surface area contributed by atoms with Gasteiger partial charge in [0.15, 0.2) is 0 Å². The number of hydrogen-bond donors (Lipinski definition) is 1. The number of rotatable bonds is 3. The lowest BCUT2D eigenvalue weighted by molar-refractivity contribution is 0.416. The molecule has 1 aliphatic heterocycles. The third kappa shape index (κ3) is 2.47. The van der Waals surface area contributed by atoms with Gasteiger partial charge in [0.1, 0.15) is 5.75 Å². The molecule has 0 bridgehead atoms. The number of aryl methyl sites for hydroxylation is 1. The monoisotopic (exact) mass is 335 g/mol. The molecule has 1 atom stereocenters. The third-order valence-electron chi connectivity index (χ3n) is 3.70. The molecule has 1 unspecified atom stereocenters. The molecule has 3 rings (SSSR count). The van der Waals surface area contributed by atoms with Crippen LogP contribution in [0.15, 0.2) is 28.9 Å². The van der Waals surface area contributed by atoms with Gasteiger partial charge in [0, 0.05) is 28.8 Å². The SMILES string of the molecule is COc1ccc(Br)cc1-c1cn(C)nc1C1CCCN1. The lowest BCUT2D eigenvalue weighted by Gasteiger charge is -2.12. The van der Waals surface area contributed by atoms with Gasteiger partial charge in [-0.3, -0.25) is 4.68 Å². The minimum absolute atomic E-state index is 0.342. The summed E-state index contributed by atoms with van der Waals surface area (Å²) >= 11 is 3.54. The highest BCUT2D eigenvalue weighted by molar-refractivity contribution is 9.10. The van der Waals surface area contributed by atoms with Crippen LogP contribution in [0.1, 0.15) is 24.6 Å². The van der Waals surface area contributed by atoms with Crippen LogP contribution in [0.2, 0.25) is 0 Å². The summed E-state index contributed by atoms with van der Waals surface area (Å²) in [6.07, 6.45) is 4.41. The fourth-order valence-corrected chi connectivity index (χ4v) is 3.14. The Morgan fingerprint density at radius 2 is 2.25 bits per heavy atom. The van der Waals surface area contributed by atoms with Crippen molar-refractivity contribution in [3.8, 4) is 16.9 Å². The molecule has 0 radical (unpaired) electrons. The predicted molar refractivity (Wildman–Crippen MR) is 82.9 cm³/mol. The van der Waals surface area contributed by atoms with E-state index in [1.54, 1.807) is 7.11 Å². The van der Waals surface area contributed by atoms with E-state index in [9.17, 15) is 0 Å². The highest BCUT2D eigenvalue weighted by Crippen LogP contribution is 2.37. The maximum absolute atomic E-state index is 5.50. The molecule has 0 spiro atoms. The van der Waals surface area contributed by atoms with Crippen LogP contribution in [-0.2, 0) is 7.05 Å². The first kappa shape index (κ1) is 13.6. The zero-order valence-corrected chi connectivity index (χ0v) is 13.3. The number of methoxy groups -OCH3 is 1. The predicted octanol–water partition coefficient (Wildman–Crippen LogP) is 3.28. The van der Waals surface area contributed by atoms with Crippen LogP contribution >= 0.6 is 15.9 Å². The fraction of sp³-hybridized carbons (Fsp3) is 0.400. The van der Waals surface area contributed by atoms with E-state index in [0.29, 0.717) is 6.04 Å². The van der Waals surface area contributed by atoms with Crippen molar-refractivity contribution in [3.63, 3.8) is 0 Å². The molecule has 0 saturated carbocycles. The molecule has 5 heteroatoms. The standard InChI is InChI=1S/C15H18BrN3O/c1-19-9-12(15(18-19)13-4-3-7-17-13)11-8-10(16)5-6-14(11)20-2/h5-6,8-9,13,17H,3-4,7H2,1-2H3. The molecule has 2 heterocycles. The van der Waals surface area contributed by atoms with Gasteiger partial charge in [-0.25, -0.2) is 0 Å². The molecule has 1 saturated heterocycles. The van der Waals surface area contributed by atoms with Crippen molar-refractivity contribution in [3.05, 3.63) is 34.6 Å². The summed E-state index contributed by atoms with van der Waals surface area (Å²) in [5.41, 5.74) is 3.34. The van der Waals surface area contributed by atoms with E-state index in [1.807, 2.05) is 23.9 Å². The summed E-state index contributed by atoms with van der Waals surface area (Å²) < 4.78 is 8.43. The molecule has 1 N–H and O–H groups in total. The second-order valence-electron chi connectivity index (χ2n) is 5.10. The number of aromatic nitrogens is 2. The summed E-state index contributed by atoms with van der Waals surface area (Å²) in [7, 11) is 3.67. The molecule has 1 fully saturated rings. The van der Waals surface area contributed by atoms with Crippen LogP contribution in [0.25, 0.3) is 11.1 Å². The zero-order chi connectivity index (χ0) is 14.1. The number of ether oxygens (including phenoxy) is 1. The molecule has 106 valence electrons. The van der Waals surface area contributed by atoms with Gasteiger partial charge in [0.25, 0.3) is 0 Å². The Labute approximate surface area is 127 Å². The smallest absolute Gasteiger partial charge is 0.126 e. The average molecular weight is 336 g/mol. The fourth-order valence-electron chi connectivity index (χ4n) is 2.78. The van der Waals surface area contributed by atoms with Gasteiger partial charge in [0.05, 0.1) is 18.8 Å². The molecular formula is C15H18BrN3O. The van der Waals surface area contributed by atoms with E-state index >= 15 is 0 Å². The van der Waals surface area contributed by atoms with Gasteiger partial charge < -0.3 is 10.1 Å². The summed E-state index contributed by atoms with van der Waals surface area (Å²) in [6, 6.07) is 6.41. The lowest BCUT2D eigenvalue weighted by Crippen LogP contribution is -2.14. The number of halogens is 1. The Morgan fingerprint density at radius 3 is 2.95 bits per heavy atom. The number of hydrogen-bond acceptors (Lipinski definition) is 3. The third-order valence-corrected chi connectivity index (χ3v) is 4.19. The van der Waals surface area contributed by atoms with E-state index in [2.05, 4.69) is 38.6 Å². The van der Waals surface area contributed by atoms with Gasteiger partial charge in [-0.1, -0.05) is 15.9 Å². The van der Waals surface area contributed by atoms with Crippen molar-refractivity contribution < 1.29 is 4.74 Å². The lowest BCUT2D eigenvalue weighted by atomic mass is 10.0. The van der Waals surface area contributed by atoms with Crippen LogP contribution in [0, 0.1) is 0 Å². The maximum Gasteiger partial charge on any atom is 0.126 e. The van der Waals surface area contributed by atoms with E-state index in [-0.39, 0.29) is 0 Å². The molecule has 20 heavy (non-hydrogen) atoms. The van der Waals surface area contributed by atoms with Gasteiger partial charge in [-0.2, -0.15) is 5.10 Å². The number of benzene rings is 1. The van der Waals surface area contributed by atoms with Gasteiger partial charge in [0.2, 0.25) is 0 Å². The van der Waals surface area contributed by atoms with E-state index in [0.717, 1.165) is 40.0 Å². The molecule has 0 aliphatic carbocycles. The first-order valence-electron chi connectivity index (χ1n) is 6.80. The van der Waals surface area contributed by atoms with Gasteiger partial charge in [-0.05, 0) is 37.6 Å². The number of nitrogens with one attached hydrogen (secondary N) is 1. The summed E-state index contributed by atoms with van der Waals surface area (Å²) in [6.45, 7) is 1.07. The Balaban J connectivity index is 2.11. The first-order valence-corrected chi connectivity index (χ1v) is 7.59. The molecule has 1 aromatic heterocycles. The Hall–Kier alpha value is -1.33. The van der Waals surface area contributed by atoms with E-state index in [4.69, 9.17) is 4.74 Å². The average Bonchev–Trinajstić information content (AvgIpc) is 3.07.